The summed E-state index contributed by atoms with van der Waals surface area (Å²) in [5.74, 6) is -1.02. The predicted molar refractivity (Wildman–Crippen MR) is 147 cm³/mol. The average molecular weight is 593 g/mol. The topological polar surface area (TPSA) is 127 Å². The monoisotopic (exact) mass is 592 g/mol. The van der Waals surface area contributed by atoms with E-state index in [1.54, 1.807) is 48.5 Å². The van der Waals surface area contributed by atoms with Crippen molar-refractivity contribution >= 4 is 5.69 Å². The van der Waals surface area contributed by atoms with Crippen LogP contribution in [0.15, 0.2) is 83.4 Å². The fraction of sp³-hybridized carbons (Fsp3) is 0.167. The zero-order valence-electron chi connectivity index (χ0n) is 22.8. The number of rotatable bonds is 9. The van der Waals surface area contributed by atoms with Gasteiger partial charge in [0.2, 0.25) is 17.3 Å². The number of nitrogens with zero attached hydrogens (tertiary/aromatic N) is 4. The van der Waals surface area contributed by atoms with Crippen LogP contribution in [0.4, 0.5) is 18.9 Å². The number of ether oxygens (including phenoxy) is 2. The molecule has 0 fully saturated rings. The minimum absolute atomic E-state index is 0.00442. The Morgan fingerprint density at radius 1 is 0.930 bits per heavy atom. The molecule has 0 N–H and O–H groups in total. The van der Waals surface area contributed by atoms with Crippen LogP contribution in [-0.4, -0.2) is 15.1 Å². The van der Waals surface area contributed by atoms with E-state index in [0.29, 0.717) is 10.8 Å². The summed E-state index contributed by atoms with van der Waals surface area (Å²) in [6.07, 6.45) is -4.82. The number of aromatic nitrogens is 3. The van der Waals surface area contributed by atoms with Gasteiger partial charge in [0.25, 0.3) is 5.89 Å². The first-order chi connectivity index (χ1) is 20.5. The van der Waals surface area contributed by atoms with Gasteiger partial charge in [0.05, 0.1) is 16.1 Å². The Kier molecular flexibility index (Phi) is 7.97. The number of halogens is 3. The maximum atomic E-state index is 13.9. The van der Waals surface area contributed by atoms with Gasteiger partial charge in [-0.1, -0.05) is 65.8 Å². The van der Waals surface area contributed by atoms with Crippen LogP contribution in [0, 0.1) is 29.2 Å². The van der Waals surface area contributed by atoms with Gasteiger partial charge in [-0.25, -0.2) is 0 Å². The summed E-state index contributed by atoms with van der Waals surface area (Å²) in [6.45, 7) is 2.48. The van der Waals surface area contributed by atoms with Gasteiger partial charge in [-0.05, 0) is 17.2 Å². The molecule has 0 saturated heterocycles. The highest BCUT2D eigenvalue weighted by atomic mass is 19.4. The first-order valence-electron chi connectivity index (χ1n) is 12.8. The van der Waals surface area contributed by atoms with Crippen LogP contribution in [0.2, 0.25) is 0 Å². The molecule has 0 atom stereocenters. The van der Waals surface area contributed by atoms with Crippen LogP contribution >= 0.6 is 0 Å². The second-order valence-corrected chi connectivity index (χ2v) is 9.50. The van der Waals surface area contributed by atoms with Gasteiger partial charge in [-0.15, -0.1) is 0 Å². The van der Waals surface area contributed by atoms with Crippen molar-refractivity contribution in [3.05, 3.63) is 122 Å². The maximum absolute atomic E-state index is 13.9. The van der Waals surface area contributed by atoms with Crippen LogP contribution in [0.1, 0.15) is 28.1 Å². The highest BCUT2D eigenvalue weighted by Crippen LogP contribution is 2.43. The summed E-state index contributed by atoms with van der Waals surface area (Å²) in [5, 5.41) is 28.3. The Hall–Kier alpha value is -5.46. The van der Waals surface area contributed by atoms with Crippen molar-refractivity contribution in [2.75, 3.05) is 0 Å². The summed E-state index contributed by atoms with van der Waals surface area (Å²) in [7, 11) is 0. The Labute approximate surface area is 242 Å². The highest BCUT2D eigenvalue weighted by Gasteiger charge is 2.39. The van der Waals surface area contributed by atoms with Crippen LogP contribution < -0.4 is 14.2 Å². The largest absolute Gasteiger partial charge is 0.618 e. The molecule has 2 heterocycles. The molecule has 0 saturated carbocycles. The first kappa shape index (κ1) is 29.0. The molecule has 0 unspecified atom stereocenters. The van der Waals surface area contributed by atoms with Crippen molar-refractivity contribution in [2.24, 2.45) is 0 Å². The number of alkyl halides is 3. The minimum atomic E-state index is -4.82. The van der Waals surface area contributed by atoms with Gasteiger partial charge < -0.3 is 19.2 Å². The van der Waals surface area contributed by atoms with E-state index in [2.05, 4.69) is 10.1 Å². The zero-order chi connectivity index (χ0) is 30.7. The average Bonchev–Trinajstić information content (AvgIpc) is 3.48. The summed E-state index contributed by atoms with van der Waals surface area (Å²) >= 11 is 0. The van der Waals surface area contributed by atoms with Crippen LogP contribution in [-0.2, 0) is 19.4 Å². The molecule has 43 heavy (non-hydrogen) atoms. The molecular weight excluding hydrogens is 569 g/mol. The normalized spacial score (nSPS) is 11.4. The quantitative estimate of drug-likeness (QED) is 0.0797. The second-order valence-electron chi connectivity index (χ2n) is 9.50. The third-order valence-electron chi connectivity index (χ3n) is 6.51. The lowest BCUT2D eigenvalue weighted by Gasteiger charge is -2.14. The van der Waals surface area contributed by atoms with Crippen molar-refractivity contribution in [2.45, 2.75) is 33.2 Å². The fourth-order valence-corrected chi connectivity index (χ4v) is 4.41. The number of hydrogen-bond acceptors (Lipinski definition) is 8. The lowest BCUT2D eigenvalue weighted by Crippen LogP contribution is -2.35. The van der Waals surface area contributed by atoms with E-state index in [9.17, 15) is 28.5 Å². The van der Waals surface area contributed by atoms with E-state index in [1.165, 1.54) is 19.9 Å². The van der Waals surface area contributed by atoms with Gasteiger partial charge in [0, 0.05) is 26.0 Å². The Bertz CT molecular complexity index is 1780. The summed E-state index contributed by atoms with van der Waals surface area (Å²) < 4.78 is 59.2. The number of pyridine rings is 1. The standard InChI is InChI=1S/C30H23F3N4O6/c1-18-13-23(30(31,32)33)26(19(2)36(18)38)28-34-29(43-35-28)22-14-24(37(39)40)27(42-17-21-11-7-4-8-12-21)25(15-22)41-16-20-9-5-3-6-10-20/h3-15H,16-17H2,1-2H3. The van der Waals surface area contributed by atoms with Gasteiger partial charge in [0.15, 0.2) is 11.4 Å². The molecule has 0 spiro atoms. The number of benzene rings is 3. The molecule has 0 radical (unpaired) electrons. The Balaban J connectivity index is 1.59. The molecule has 0 bridgehead atoms. The Morgan fingerprint density at radius 2 is 1.53 bits per heavy atom. The molecule has 5 rings (SSSR count). The molecule has 220 valence electrons. The number of hydrogen-bond donors (Lipinski definition) is 0. The summed E-state index contributed by atoms with van der Waals surface area (Å²) in [5.41, 5.74) is -1.12. The lowest BCUT2D eigenvalue weighted by atomic mass is 10.0. The molecule has 3 aromatic carbocycles. The molecule has 0 aliphatic heterocycles. The van der Waals surface area contributed by atoms with Crippen molar-refractivity contribution in [3.8, 4) is 34.3 Å². The molecule has 0 aliphatic rings. The van der Waals surface area contributed by atoms with Gasteiger partial charge >= 0.3 is 11.9 Å². The second kappa shape index (κ2) is 11.8. The molecule has 13 heteroatoms. The molecule has 0 amide bonds. The molecule has 2 aromatic heterocycles. The van der Waals surface area contributed by atoms with Crippen LogP contribution in [0.3, 0.4) is 0 Å². The van der Waals surface area contributed by atoms with E-state index in [0.717, 1.165) is 17.2 Å². The number of nitro benzene ring substituents is 1. The zero-order valence-corrected chi connectivity index (χ0v) is 22.8. The minimum Gasteiger partial charge on any atom is -0.618 e. The van der Waals surface area contributed by atoms with Crippen molar-refractivity contribution in [1.29, 1.82) is 0 Å². The van der Waals surface area contributed by atoms with E-state index in [4.69, 9.17) is 14.0 Å². The van der Waals surface area contributed by atoms with Crippen molar-refractivity contribution in [3.63, 3.8) is 0 Å². The van der Waals surface area contributed by atoms with E-state index in [-0.39, 0.29) is 47.6 Å². The van der Waals surface area contributed by atoms with Gasteiger partial charge in [0.1, 0.15) is 18.8 Å². The number of nitro groups is 1. The number of aryl methyl sites for hydroxylation is 1. The summed E-state index contributed by atoms with van der Waals surface area (Å²) in [6, 6.07) is 21.2. The Morgan fingerprint density at radius 3 is 2.12 bits per heavy atom. The smallest absolute Gasteiger partial charge is 0.417 e. The highest BCUT2D eigenvalue weighted by molar-refractivity contribution is 5.70. The van der Waals surface area contributed by atoms with Gasteiger partial charge in [-0.2, -0.15) is 22.9 Å². The van der Waals surface area contributed by atoms with Crippen molar-refractivity contribution < 1.29 is 36.8 Å². The molecule has 0 aliphatic carbocycles. The maximum Gasteiger partial charge on any atom is 0.417 e. The fourth-order valence-electron chi connectivity index (χ4n) is 4.41. The summed E-state index contributed by atoms with van der Waals surface area (Å²) in [4.78, 5) is 15.6. The van der Waals surface area contributed by atoms with E-state index in [1.807, 2.05) is 12.1 Å². The van der Waals surface area contributed by atoms with Crippen LogP contribution in [0.5, 0.6) is 11.5 Å². The molecular formula is C30H23F3N4O6. The first-order valence-corrected chi connectivity index (χ1v) is 12.8. The third-order valence-corrected chi connectivity index (χ3v) is 6.51. The molecule has 5 aromatic rings. The molecule has 10 nitrogen and oxygen atoms in total. The predicted octanol–water partition coefficient (Wildman–Crippen LogP) is 6.74. The van der Waals surface area contributed by atoms with Crippen molar-refractivity contribution in [1.82, 2.24) is 10.1 Å². The van der Waals surface area contributed by atoms with Gasteiger partial charge in [-0.3, -0.25) is 10.1 Å². The van der Waals surface area contributed by atoms with Crippen LogP contribution in [0.25, 0.3) is 22.8 Å². The third kappa shape index (κ3) is 6.25. The van der Waals surface area contributed by atoms with E-state index < -0.39 is 33.7 Å². The SMILES string of the molecule is Cc1cc(C(F)(F)F)c(-c2noc(-c3cc(OCc4ccccc4)c(OCc4ccccc4)c([N+](=O)[O-])c3)n2)c(C)[n+]1[O-]. The van der Waals surface area contributed by atoms with E-state index >= 15 is 0 Å². The lowest BCUT2D eigenvalue weighted by molar-refractivity contribution is -0.618.